The molecule has 0 radical (unpaired) electrons. The summed E-state index contributed by atoms with van der Waals surface area (Å²) in [4.78, 5) is 0. The molecule has 1 fully saturated rings. The van der Waals surface area contributed by atoms with E-state index in [1.807, 2.05) is 0 Å². The number of hydrogen-bond donors (Lipinski definition) is 0. The Balaban J connectivity index is 1.93. The molecule has 1 atom stereocenters. The molecule has 1 heteroatoms. The molecule has 0 N–H and O–H groups in total. The fourth-order valence-electron chi connectivity index (χ4n) is 4.00. The highest BCUT2D eigenvalue weighted by molar-refractivity contribution is 5.43. The second-order valence-electron chi connectivity index (χ2n) is 7.69. The summed E-state index contributed by atoms with van der Waals surface area (Å²) in [5.41, 5.74) is 3.35. The van der Waals surface area contributed by atoms with Gasteiger partial charge in [0.15, 0.2) is 0 Å². The first-order chi connectivity index (χ1) is 9.55. The molecule has 1 aromatic rings. The van der Waals surface area contributed by atoms with Crippen molar-refractivity contribution in [3.63, 3.8) is 0 Å². The van der Waals surface area contributed by atoms with Crippen molar-refractivity contribution < 1.29 is 4.74 Å². The van der Waals surface area contributed by atoms with Gasteiger partial charge in [-0.3, -0.25) is 0 Å². The third kappa shape index (κ3) is 2.73. The van der Waals surface area contributed by atoms with Gasteiger partial charge in [-0.1, -0.05) is 52.2 Å². The lowest BCUT2D eigenvalue weighted by Gasteiger charge is -2.36. The largest absolute Gasteiger partial charge is 0.493 e. The van der Waals surface area contributed by atoms with Gasteiger partial charge in [0, 0.05) is 0 Å². The van der Waals surface area contributed by atoms with Crippen LogP contribution < -0.4 is 4.74 Å². The van der Waals surface area contributed by atoms with Crippen LogP contribution in [0, 0.1) is 5.41 Å². The minimum atomic E-state index is 0.323. The smallest absolute Gasteiger partial charge is 0.122 e. The second kappa shape index (κ2) is 5.42. The molecule has 1 aromatic carbocycles. The van der Waals surface area contributed by atoms with Gasteiger partial charge in [-0.05, 0) is 53.7 Å². The molecule has 0 bridgehead atoms. The number of fused-ring (bicyclic) bond motifs is 1. The summed E-state index contributed by atoms with van der Waals surface area (Å²) in [6, 6.07) is 7.03. The van der Waals surface area contributed by atoms with Crippen LogP contribution >= 0.6 is 0 Å². The summed E-state index contributed by atoms with van der Waals surface area (Å²) >= 11 is 0. The monoisotopic (exact) mass is 272 g/mol. The van der Waals surface area contributed by atoms with Crippen molar-refractivity contribution in [3.8, 4) is 5.75 Å². The molecule has 0 spiro atoms. The van der Waals surface area contributed by atoms with Crippen molar-refractivity contribution in [2.75, 3.05) is 6.61 Å². The first kappa shape index (κ1) is 14.0. The van der Waals surface area contributed by atoms with Crippen LogP contribution in [-0.2, 0) is 0 Å². The predicted molar refractivity (Wildman–Crippen MR) is 84.6 cm³/mol. The van der Waals surface area contributed by atoms with E-state index in [-0.39, 0.29) is 0 Å². The van der Waals surface area contributed by atoms with Crippen molar-refractivity contribution in [2.45, 2.75) is 71.1 Å². The molecule has 0 saturated heterocycles. The van der Waals surface area contributed by atoms with Crippen molar-refractivity contribution in [3.05, 3.63) is 29.3 Å². The molecular weight excluding hydrogens is 244 g/mol. The Morgan fingerprint density at radius 2 is 1.75 bits per heavy atom. The van der Waals surface area contributed by atoms with E-state index in [1.165, 1.54) is 37.7 Å². The lowest BCUT2D eigenvalue weighted by Crippen LogP contribution is -2.25. The maximum atomic E-state index is 5.89. The molecule has 3 rings (SSSR count). The SMILES string of the molecule is CC(C)(C)C1CCOc2ccc(C3CCCCC3)cc21. The number of ether oxygens (including phenoxy) is 1. The molecule has 1 saturated carbocycles. The minimum absolute atomic E-state index is 0.323. The molecule has 2 aliphatic rings. The predicted octanol–water partition coefficient (Wildman–Crippen LogP) is 5.65. The van der Waals surface area contributed by atoms with E-state index >= 15 is 0 Å². The number of benzene rings is 1. The van der Waals surface area contributed by atoms with Crippen molar-refractivity contribution in [1.29, 1.82) is 0 Å². The second-order valence-corrected chi connectivity index (χ2v) is 7.69. The van der Waals surface area contributed by atoms with Crippen molar-refractivity contribution in [1.82, 2.24) is 0 Å². The highest BCUT2D eigenvalue weighted by atomic mass is 16.5. The van der Waals surface area contributed by atoms with Gasteiger partial charge in [0.2, 0.25) is 0 Å². The highest BCUT2D eigenvalue weighted by Gasteiger charge is 2.32. The molecule has 1 aliphatic heterocycles. The first-order valence-corrected chi connectivity index (χ1v) is 8.32. The van der Waals surface area contributed by atoms with Gasteiger partial charge < -0.3 is 4.74 Å². The van der Waals surface area contributed by atoms with Crippen LogP contribution in [0.1, 0.15) is 82.3 Å². The van der Waals surface area contributed by atoms with Gasteiger partial charge in [-0.25, -0.2) is 0 Å². The normalized spacial score (nSPS) is 24.1. The first-order valence-electron chi connectivity index (χ1n) is 8.32. The number of rotatable bonds is 1. The molecule has 1 heterocycles. The third-order valence-corrected chi connectivity index (χ3v) is 5.20. The van der Waals surface area contributed by atoms with Crippen molar-refractivity contribution >= 4 is 0 Å². The highest BCUT2D eigenvalue weighted by Crippen LogP contribution is 2.46. The minimum Gasteiger partial charge on any atom is -0.493 e. The van der Waals surface area contributed by atoms with Crippen molar-refractivity contribution in [2.24, 2.45) is 5.41 Å². The number of hydrogen-bond acceptors (Lipinski definition) is 1. The lowest BCUT2D eigenvalue weighted by atomic mass is 9.72. The Hall–Kier alpha value is -0.980. The van der Waals surface area contributed by atoms with Gasteiger partial charge in [0.05, 0.1) is 6.61 Å². The molecule has 110 valence electrons. The fourth-order valence-corrected chi connectivity index (χ4v) is 4.00. The zero-order chi connectivity index (χ0) is 14.2. The van der Waals surface area contributed by atoms with Crippen LogP contribution in [0.4, 0.5) is 0 Å². The average Bonchev–Trinajstić information content (AvgIpc) is 2.46. The van der Waals surface area contributed by atoms with E-state index in [0.717, 1.165) is 24.7 Å². The Bertz CT molecular complexity index is 463. The van der Waals surface area contributed by atoms with E-state index in [9.17, 15) is 0 Å². The summed E-state index contributed by atoms with van der Waals surface area (Å²) < 4.78 is 5.89. The van der Waals surface area contributed by atoms with E-state index < -0.39 is 0 Å². The van der Waals surface area contributed by atoms with E-state index in [1.54, 1.807) is 5.56 Å². The van der Waals surface area contributed by atoms with Crippen LogP contribution in [0.25, 0.3) is 0 Å². The van der Waals surface area contributed by atoms with Crippen LogP contribution in [-0.4, -0.2) is 6.61 Å². The zero-order valence-corrected chi connectivity index (χ0v) is 13.2. The Kier molecular flexibility index (Phi) is 3.79. The molecule has 0 aromatic heterocycles. The molecule has 1 nitrogen and oxygen atoms in total. The average molecular weight is 272 g/mol. The Labute approximate surface area is 123 Å². The van der Waals surface area contributed by atoms with Gasteiger partial charge in [-0.2, -0.15) is 0 Å². The maximum absolute atomic E-state index is 5.89. The van der Waals surface area contributed by atoms with Crippen LogP contribution in [0.15, 0.2) is 18.2 Å². The van der Waals surface area contributed by atoms with E-state index in [2.05, 4.69) is 39.0 Å². The molecule has 0 amide bonds. The van der Waals surface area contributed by atoms with Gasteiger partial charge >= 0.3 is 0 Å². The summed E-state index contributed by atoms with van der Waals surface area (Å²) in [6.07, 6.45) is 8.14. The standard InChI is InChI=1S/C19H28O/c1-19(2,3)17-11-12-20-18-10-9-15(13-16(17)18)14-7-5-4-6-8-14/h9-10,13-14,17H,4-8,11-12H2,1-3H3. The molecule has 20 heavy (non-hydrogen) atoms. The van der Waals surface area contributed by atoms with Gasteiger partial charge in [-0.15, -0.1) is 0 Å². The van der Waals surface area contributed by atoms with Crippen LogP contribution in [0.5, 0.6) is 5.75 Å². The topological polar surface area (TPSA) is 9.23 Å². The lowest BCUT2D eigenvalue weighted by molar-refractivity contribution is 0.203. The van der Waals surface area contributed by atoms with Gasteiger partial charge in [0.1, 0.15) is 5.75 Å². The summed E-state index contributed by atoms with van der Waals surface area (Å²) in [6.45, 7) is 7.96. The Morgan fingerprint density at radius 3 is 2.45 bits per heavy atom. The summed E-state index contributed by atoms with van der Waals surface area (Å²) in [5.74, 6) is 2.56. The maximum Gasteiger partial charge on any atom is 0.122 e. The van der Waals surface area contributed by atoms with Crippen LogP contribution in [0.2, 0.25) is 0 Å². The summed E-state index contributed by atoms with van der Waals surface area (Å²) in [7, 11) is 0. The zero-order valence-electron chi connectivity index (χ0n) is 13.2. The van der Waals surface area contributed by atoms with Gasteiger partial charge in [0.25, 0.3) is 0 Å². The fraction of sp³-hybridized carbons (Fsp3) is 0.684. The van der Waals surface area contributed by atoms with E-state index in [4.69, 9.17) is 4.74 Å². The third-order valence-electron chi connectivity index (χ3n) is 5.20. The quantitative estimate of drug-likeness (QED) is 0.642. The molecule has 1 unspecified atom stereocenters. The Morgan fingerprint density at radius 1 is 1.00 bits per heavy atom. The van der Waals surface area contributed by atoms with Crippen LogP contribution in [0.3, 0.4) is 0 Å². The molecule has 1 aliphatic carbocycles. The van der Waals surface area contributed by atoms with E-state index in [0.29, 0.717) is 11.3 Å². The summed E-state index contributed by atoms with van der Waals surface area (Å²) in [5, 5.41) is 0. The molecular formula is C19H28O.